The van der Waals surface area contributed by atoms with Crippen molar-refractivity contribution in [3.8, 4) is 16.2 Å². The largest absolute Gasteiger partial charge is 0.497 e. The second-order valence-corrected chi connectivity index (χ2v) is 8.41. The summed E-state index contributed by atoms with van der Waals surface area (Å²) >= 11 is 1.72. The van der Waals surface area contributed by atoms with Crippen LogP contribution < -0.4 is 10.1 Å². The smallest absolute Gasteiger partial charge is 0.330 e. The van der Waals surface area contributed by atoms with Crippen LogP contribution in [0.3, 0.4) is 0 Å². The van der Waals surface area contributed by atoms with E-state index in [0.29, 0.717) is 6.61 Å². The minimum atomic E-state index is -0.378. The highest BCUT2D eigenvalue weighted by atomic mass is 32.1. The topological polar surface area (TPSA) is 56.8 Å². The fourth-order valence-electron chi connectivity index (χ4n) is 3.60. The number of ether oxygens (including phenoxy) is 3. The number of carbonyl (C=O) groups is 1. The van der Waals surface area contributed by atoms with Gasteiger partial charge in [-0.05, 0) is 53.1 Å². The predicted molar refractivity (Wildman–Crippen MR) is 135 cm³/mol. The van der Waals surface area contributed by atoms with E-state index in [1.807, 2.05) is 42.5 Å². The molecular formula is C27H25NO4S. The molecule has 1 aromatic heterocycles. The summed E-state index contributed by atoms with van der Waals surface area (Å²) < 4.78 is 16.7. The highest BCUT2D eigenvalue weighted by Crippen LogP contribution is 2.46. The fraction of sp³-hybridized carbons (Fsp3) is 0.148. The summed E-state index contributed by atoms with van der Waals surface area (Å²) in [6.07, 6.45) is 3.14. The van der Waals surface area contributed by atoms with Crippen LogP contribution in [-0.4, -0.2) is 27.3 Å². The van der Waals surface area contributed by atoms with Gasteiger partial charge in [-0.1, -0.05) is 36.4 Å². The molecule has 0 amide bonds. The zero-order valence-electron chi connectivity index (χ0n) is 18.8. The van der Waals surface area contributed by atoms with Gasteiger partial charge in [0.05, 0.1) is 31.4 Å². The first kappa shape index (κ1) is 22.6. The Morgan fingerprint density at radius 1 is 1.00 bits per heavy atom. The number of rotatable bonds is 8. The van der Waals surface area contributed by atoms with Crippen molar-refractivity contribution in [3.05, 3.63) is 83.9 Å². The van der Waals surface area contributed by atoms with Gasteiger partial charge in [0.1, 0.15) is 5.75 Å². The normalized spacial score (nSPS) is 11.1. The van der Waals surface area contributed by atoms with E-state index >= 15 is 0 Å². The number of esters is 1. The first-order valence-corrected chi connectivity index (χ1v) is 11.3. The van der Waals surface area contributed by atoms with Crippen LogP contribution in [0.1, 0.15) is 11.1 Å². The molecule has 0 atom stereocenters. The third kappa shape index (κ3) is 5.08. The summed E-state index contributed by atoms with van der Waals surface area (Å²) in [5.41, 5.74) is 5.17. The van der Waals surface area contributed by atoms with Gasteiger partial charge in [0.15, 0.2) is 0 Å². The standard InChI is InChI=1S/C27H25NO4S/c1-30-17-19-6-4-5-7-22(19)27-26(23-14-13-21(31-2)16-24(23)33-27)28-20-11-8-18(9-12-20)10-15-25(29)32-3/h4-16,28H,17H2,1-3H3/b15-10+. The molecule has 6 heteroatoms. The summed E-state index contributed by atoms with van der Waals surface area (Å²) in [5.74, 6) is 0.450. The van der Waals surface area contributed by atoms with E-state index in [9.17, 15) is 4.79 Å². The van der Waals surface area contributed by atoms with Crippen LogP contribution in [-0.2, 0) is 20.9 Å². The van der Waals surface area contributed by atoms with Gasteiger partial charge in [-0.15, -0.1) is 11.3 Å². The summed E-state index contributed by atoms with van der Waals surface area (Å²) in [5, 5.41) is 4.74. The maximum Gasteiger partial charge on any atom is 0.330 e. The third-order valence-electron chi connectivity index (χ3n) is 5.25. The molecule has 1 N–H and O–H groups in total. The maximum absolute atomic E-state index is 11.3. The van der Waals surface area contributed by atoms with Crippen molar-refractivity contribution in [2.75, 3.05) is 26.6 Å². The van der Waals surface area contributed by atoms with Crippen molar-refractivity contribution in [2.24, 2.45) is 0 Å². The average molecular weight is 460 g/mol. The van der Waals surface area contributed by atoms with E-state index < -0.39 is 0 Å². The van der Waals surface area contributed by atoms with E-state index in [2.05, 4.69) is 34.3 Å². The molecule has 0 saturated carbocycles. The SMILES string of the molecule is COCc1ccccc1-c1sc2cc(OC)ccc2c1Nc1ccc(/C=C/C(=O)OC)cc1. The molecule has 0 radical (unpaired) electrons. The number of carbonyl (C=O) groups excluding carboxylic acids is 1. The second kappa shape index (κ2) is 10.3. The van der Waals surface area contributed by atoms with Gasteiger partial charge in [0.2, 0.25) is 0 Å². The van der Waals surface area contributed by atoms with Crippen LogP contribution in [0.4, 0.5) is 11.4 Å². The zero-order valence-corrected chi connectivity index (χ0v) is 19.6. The summed E-state index contributed by atoms with van der Waals surface area (Å²) in [6.45, 7) is 0.536. The Balaban J connectivity index is 1.76. The number of hydrogen-bond donors (Lipinski definition) is 1. The predicted octanol–water partition coefficient (Wildman–Crippen LogP) is 6.65. The van der Waals surface area contributed by atoms with Crippen molar-refractivity contribution in [1.82, 2.24) is 0 Å². The number of thiophene rings is 1. The van der Waals surface area contributed by atoms with Gasteiger partial charge in [0, 0.05) is 29.0 Å². The molecule has 3 aromatic carbocycles. The molecule has 0 bridgehead atoms. The average Bonchev–Trinajstić information content (AvgIpc) is 3.21. The molecule has 0 aliphatic heterocycles. The van der Waals surface area contributed by atoms with E-state index in [4.69, 9.17) is 9.47 Å². The van der Waals surface area contributed by atoms with Gasteiger partial charge < -0.3 is 19.5 Å². The van der Waals surface area contributed by atoms with Crippen LogP contribution >= 0.6 is 11.3 Å². The highest BCUT2D eigenvalue weighted by molar-refractivity contribution is 7.23. The molecule has 1 heterocycles. The number of anilines is 2. The Kier molecular flexibility index (Phi) is 7.07. The van der Waals surface area contributed by atoms with Gasteiger partial charge >= 0.3 is 5.97 Å². The monoisotopic (exact) mass is 459 g/mol. The van der Waals surface area contributed by atoms with Gasteiger partial charge in [-0.3, -0.25) is 0 Å². The van der Waals surface area contributed by atoms with Crippen LogP contribution in [0, 0.1) is 0 Å². The van der Waals surface area contributed by atoms with Crippen LogP contribution in [0.25, 0.3) is 26.6 Å². The van der Waals surface area contributed by atoms with Gasteiger partial charge in [-0.25, -0.2) is 4.79 Å². The van der Waals surface area contributed by atoms with Gasteiger partial charge in [-0.2, -0.15) is 0 Å². The van der Waals surface area contributed by atoms with Crippen LogP contribution in [0.2, 0.25) is 0 Å². The van der Waals surface area contributed by atoms with E-state index in [1.165, 1.54) is 13.2 Å². The quantitative estimate of drug-likeness (QED) is 0.236. The molecule has 168 valence electrons. The molecule has 4 rings (SSSR count). The van der Waals surface area contributed by atoms with Gasteiger partial charge in [0.25, 0.3) is 0 Å². The Morgan fingerprint density at radius 3 is 2.52 bits per heavy atom. The van der Waals surface area contributed by atoms with E-state index in [0.717, 1.165) is 48.8 Å². The summed E-state index contributed by atoms with van der Waals surface area (Å²) in [4.78, 5) is 12.5. The molecule has 0 fully saturated rings. The maximum atomic E-state index is 11.3. The molecule has 33 heavy (non-hydrogen) atoms. The highest BCUT2D eigenvalue weighted by Gasteiger charge is 2.17. The molecule has 4 aromatic rings. The Bertz CT molecular complexity index is 1290. The number of nitrogens with one attached hydrogen (secondary N) is 1. The Hall–Kier alpha value is -3.61. The second-order valence-electron chi connectivity index (χ2n) is 7.36. The third-order valence-corrected chi connectivity index (χ3v) is 6.44. The molecule has 0 spiro atoms. The number of benzene rings is 3. The lowest BCUT2D eigenvalue weighted by molar-refractivity contribution is -0.134. The zero-order chi connectivity index (χ0) is 23.2. The molecule has 0 unspecified atom stereocenters. The number of methoxy groups -OCH3 is 3. The molecule has 5 nitrogen and oxygen atoms in total. The minimum Gasteiger partial charge on any atom is -0.497 e. The lowest BCUT2D eigenvalue weighted by atomic mass is 10.0. The molecule has 0 saturated heterocycles. The molecular weight excluding hydrogens is 434 g/mol. The minimum absolute atomic E-state index is 0.378. The summed E-state index contributed by atoms with van der Waals surface area (Å²) in [7, 11) is 4.75. The first-order valence-electron chi connectivity index (χ1n) is 10.4. The van der Waals surface area contributed by atoms with Crippen LogP contribution in [0.15, 0.2) is 72.8 Å². The first-order chi connectivity index (χ1) is 16.1. The molecule has 0 aliphatic carbocycles. The van der Waals surface area contributed by atoms with E-state index in [1.54, 1.807) is 31.6 Å². The van der Waals surface area contributed by atoms with Crippen LogP contribution in [0.5, 0.6) is 5.75 Å². The summed E-state index contributed by atoms with van der Waals surface area (Å²) in [6, 6.07) is 22.3. The Labute approximate surface area is 197 Å². The fourth-order valence-corrected chi connectivity index (χ4v) is 4.84. The number of fused-ring (bicyclic) bond motifs is 1. The molecule has 0 aliphatic rings. The van der Waals surface area contributed by atoms with Crippen molar-refractivity contribution in [3.63, 3.8) is 0 Å². The lowest BCUT2D eigenvalue weighted by Gasteiger charge is -2.12. The Morgan fingerprint density at radius 2 is 1.79 bits per heavy atom. The number of hydrogen-bond acceptors (Lipinski definition) is 6. The van der Waals surface area contributed by atoms with E-state index in [-0.39, 0.29) is 5.97 Å². The van der Waals surface area contributed by atoms with Crippen molar-refractivity contribution < 1.29 is 19.0 Å². The van der Waals surface area contributed by atoms with Crippen molar-refractivity contribution >= 4 is 44.8 Å². The lowest BCUT2D eigenvalue weighted by Crippen LogP contribution is -1.95. The van der Waals surface area contributed by atoms with Crippen molar-refractivity contribution in [2.45, 2.75) is 6.61 Å². The van der Waals surface area contributed by atoms with Crippen molar-refractivity contribution in [1.29, 1.82) is 0 Å².